The second-order valence-corrected chi connectivity index (χ2v) is 9.30. The molecule has 26 heavy (non-hydrogen) atoms. The minimum Gasteiger partial charge on any atom is -0.370 e. The average Bonchev–Trinajstić information content (AvgIpc) is 3.32. The first-order valence-corrected chi connectivity index (χ1v) is 10.9. The molecule has 2 aromatic heterocycles. The highest BCUT2D eigenvalue weighted by Crippen LogP contribution is 2.22. The number of rotatable bonds is 6. The number of sulfonamides is 1. The molecule has 6 nitrogen and oxygen atoms in total. The first-order valence-electron chi connectivity index (χ1n) is 8.67. The van der Waals surface area contributed by atoms with E-state index in [1.807, 2.05) is 18.2 Å². The molecule has 1 aliphatic heterocycles. The summed E-state index contributed by atoms with van der Waals surface area (Å²) in [4.78, 5) is 9.12. The highest BCUT2D eigenvalue weighted by Gasteiger charge is 2.27. The fourth-order valence-electron chi connectivity index (χ4n) is 3.04. The van der Waals surface area contributed by atoms with Gasteiger partial charge in [0, 0.05) is 32.3 Å². The van der Waals surface area contributed by atoms with Gasteiger partial charge in [-0.25, -0.2) is 18.4 Å². The standard InChI is InChI=1S/C18H20N4O2S2/c23-26(24,22-11-3-4-12-22)14-7-8-17(20-13-14)19-10-9-18-21-15-5-1-2-6-16(15)25-18/h1-2,5-8,13H,3-4,9-12H2,(H,19,20). The van der Waals surface area contributed by atoms with Gasteiger partial charge in [-0.2, -0.15) is 4.31 Å². The first-order chi connectivity index (χ1) is 12.6. The second kappa shape index (κ2) is 7.30. The molecule has 0 aliphatic carbocycles. The van der Waals surface area contributed by atoms with Crippen LogP contribution in [0.3, 0.4) is 0 Å². The molecule has 3 heterocycles. The molecule has 1 saturated heterocycles. The lowest BCUT2D eigenvalue weighted by Crippen LogP contribution is -2.27. The van der Waals surface area contributed by atoms with Crippen molar-refractivity contribution in [2.45, 2.75) is 24.2 Å². The van der Waals surface area contributed by atoms with Crippen molar-refractivity contribution in [3.8, 4) is 0 Å². The van der Waals surface area contributed by atoms with Gasteiger partial charge < -0.3 is 5.32 Å². The van der Waals surface area contributed by atoms with Crippen LogP contribution < -0.4 is 5.32 Å². The quantitative estimate of drug-likeness (QED) is 0.702. The predicted octanol–water partition coefficient (Wildman–Crippen LogP) is 3.13. The Balaban J connectivity index is 1.37. The molecule has 1 N–H and O–H groups in total. The molecule has 3 aromatic rings. The number of anilines is 1. The summed E-state index contributed by atoms with van der Waals surface area (Å²) in [6.45, 7) is 1.90. The van der Waals surface area contributed by atoms with E-state index in [-0.39, 0.29) is 4.90 Å². The molecular formula is C18H20N4O2S2. The maximum absolute atomic E-state index is 12.5. The zero-order chi connectivity index (χ0) is 18.0. The molecule has 0 bridgehead atoms. The van der Waals surface area contributed by atoms with E-state index in [1.165, 1.54) is 15.2 Å². The summed E-state index contributed by atoms with van der Waals surface area (Å²) in [5.41, 5.74) is 1.03. The molecule has 0 radical (unpaired) electrons. The lowest BCUT2D eigenvalue weighted by atomic mass is 10.3. The molecule has 4 rings (SSSR count). The summed E-state index contributed by atoms with van der Waals surface area (Å²) < 4.78 is 27.7. The van der Waals surface area contributed by atoms with Crippen LogP contribution in [-0.2, 0) is 16.4 Å². The molecule has 1 aliphatic rings. The lowest BCUT2D eigenvalue weighted by Gasteiger charge is -2.15. The number of nitrogens with zero attached hydrogens (tertiary/aromatic N) is 3. The van der Waals surface area contributed by atoms with Gasteiger partial charge in [-0.15, -0.1) is 11.3 Å². The normalized spacial score (nSPS) is 15.5. The van der Waals surface area contributed by atoms with Gasteiger partial charge in [0.05, 0.1) is 15.2 Å². The van der Waals surface area contributed by atoms with Gasteiger partial charge in [-0.1, -0.05) is 12.1 Å². The number of pyridine rings is 1. The number of benzene rings is 1. The highest BCUT2D eigenvalue weighted by molar-refractivity contribution is 7.89. The third-order valence-corrected chi connectivity index (χ3v) is 7.40. The molecule has 0 spiro atoms. The maximum atomic E-state index is 12.5. The van der Waals surface area contributed by atoms with Crippen LogP contribution in [0.2, 0.25) is 0 Å². The van der Waals surface area contributed by atoms with E-state index in [1.54, 1.807) is 23.5 Å². The molecule has 1 fully saturated rings. The Morgan fingerprint density at radius 1 is 1.12 bits per heavy atom. The van der Waals surface area contributed by atoms with Crippen LogP contribution in [0, 0.1) is 0 Å². The Kier molecular flexibility index (Phi) is 4.88. The maximum Gasteiger partial charge on any atom is 0.244 e. The summed E-state index contributed by atoms with van der Waals surface area (Å²) in [7, 11) is -3.40. The Morgan fingerprint density at radius 3 is 2.65 bits per heavy atom. The summed E-state index contributed by atoms with van der Waals surface area (Å²) in [5, 5.41) is 4.31. The van der Waals surface area contributed by atoms with Crippen LogP contribution in [0.4, 0.5) is 5.82 Å². The fraction of sp³-hybridized carbons (Fsp3) is 0.333. The molecule has 0 saturated carbocycles. The smallest absolute Gasteiger partial charge is 0.244 e. The SMILES string of the molecule is O=S(=O)(c1ccc(NCCc2nc3ccccc3s2)nc1)N1CCCC1. The van der Waals surface area contributed by atoms with Gasteiger partial charge in [0.15, 0.2) is 0 Å². The zero-order valence-electron chi connectivity index (χ0n) is 14.3. The van der Waals surface area contributed by atoms with E-state index in [9.17, 15) is 8.42 Å². The lowest BCUT2D eigenvalue weighted by molar-refractivity contribution is 0.477. The van der Waals surface area contributed by atoms with E-state index >= 15 is 0 Å². The van der Waals surface area contributed by atoms with Crippen molar-refractivity contribution in [2.75, 3.05) is 25.0 Å². The second-order valence-electron chi connectivity index (χ2n) is 6.24. The molecule has 136 valence electrons. The van der Waals surface area contributed by atoms with Crippen molar-refractivity contribution in [1.82, 2.24) is 14.3 Å². The van der Waals surface area contributed by atoms with E-state index in [0.29, 0.717) is 25.5 Å². The van der Waals surface area contributed by atoms with Crippen molar-refractivity contribution < 1.29 is 8.42 Å². The largest absolute Gasteiger partial charge is 0.370 e. The number of aromatic nitrogens is 2. The summed E-state index contributed by atoms with van der Waals surface area (Å²) in [6.07, 6.45) is 4.10. The van der Waals surface area contributed by atoms with Crippen LogP contribution in [0.5, 0.6) is 0 Å². The van der Waals surface area contributed by atoms with Gasteiger partial charge in [0.25, 0.3) is 0 Å². The van der Waals surface area contributed by atoms with Crippen molar-refractivity contribution in [3.05, 3.63) is 47.6 Å². The van der Waals surface area contributed by atoms with Crippen LogP contribution >= 0.6 is 11.3 Å². The Morgan fingerprint density at radius 2 is 1.92 bits per heavy atom. The van der Waals surface area contributed by atoms with Crippen LogP contribution in [0.1, 0.15) is 17.8 Å². The molecule has 0 atom stereocenters. The van der Waals surface area contributed by atoms with Crippen molar-refractivity contribution in [2.24, 2.45) is 0 Å². The van der Waals surface area contributed by atoms with Gasteiger partial charge in [-0.05, 0) is 37.1 Å². The third-order valence-electron chi connectivity index (χ3n) is 4.42. The number of hydrogen-bond acceptors (Lipinski definition) is 6. The Hall–Kier alpha value is -2.03. The number of nitrogens with one attached hydrogen (secondary N) is 1. The minimum absolute atomic E-state index is 0.260. The van der Waals surface area contributed by atoms with Crippen molar-refractivity contribution in [1.29, 1.82) is 0 Å². The monoisotopic (exact) mass is 388 g/mol. The van der Waals surface area contributed by atoms with Crippen LogP contribution in [0.25, 0.3) is 10.2 Å². The minimum atomic E-state index is -3.40. The number of hydrogen-bond donors (Lipinski definition) is 1. The van der Waals surface area contributed by atoms with E-state index < -0.39 is 10.0 Å². The van der Waals surface area contributed by atoms with Gasteiger partial charge in [0.2, 0.25) is 10.0 Å². The highest BCUT2D eigenvalue weighted by atomic mass is 32.2. The van der Waals surface area contributed by atoms with Gasteiger partial charge in [0.1, 0.15) is 10.7 Å². The Labute approximate surface area is 157 Å². The predicted molar refractivity (Wildman–Crippen MR) is 104 cm³/mol. The van der Waals surface area contributed by atoms with E-state index in [4.69, 9.17) is 0 Å². The van der Waals surface area contributed by atoms with Crippen LogP contribution in [0.15, 0.2) is 47.5 Å². The summed E-state index contributed by atoms with van der Waals surface area (Å²) in [6, 6.07) is 11.5. The fourth-order valence-corrected chi connectivity index (χ4v) is 5.47. The molecule has 0 amide bonds. The number of para-hydroxylation sites is 1. The number of thiazole rings is 1. The van der Waals surface area contributed by atoms with Gasteiger partial charge >= 0.3 is 0 Å². The van der Waals surface area contributed by atoms with Crippen molar-refractivity contribution >= 4 is 37.4 Å². The topological polar surface area (TPSA) is 75.2 Å². The molecular weight excluding hydrogens is 368 g/mol. The first kappa shape index (κ1) is 17.4. The Bertz CT molecular complexity index is 960. The van der Waals surface area contributed by atoms with Gasteiger partial charge in [-0.3, -0.25) is 0 Å². The summed E-state index contributed by atoms with van der Waals surface area (Å²) in [5.74, 6) is 0.673. The zero-order valence-corrected chi connectivity index (χ0v) is 15.9. The van der Waals surface area contributed by atoms with E-state index in [0.717, 1.165) is 29.8 Å². The summed E-state index contributed by atoms with van der Waals surface area (Å²) >= 11 is 1.70. The van der Waals surface area contributed by atoms with Crippen LogP contribution in [-0.4, -0.2) is 42.3 Å². The molecule has 8 heteroatoms. The van der Waals surface area contributed by atoms with E-state index in [2.05, 4.69) is 21.4 Å². The third kappa shape index (κ3) is 3.58. The number of fused-ring (bicyclic) bond motifs is 1. The molecule has 1 aromatic carbocycles. The average molecular weight is 389 g/mol. The van der Waals surface area contributed by atoms with Crippen molar-refractivity contribution in [3.63, 3.8) is 0 Å². The molecule has 0 unspecified atom stereocenters.